The highest BCUT2D eigenvalue weighted by Crippen LogP contribution is 2.79. The van der Waals surface area contributed by atoms with Crippen molar-refractivity contribution in [3.8, 4) is 0 Å². The number of fused-ring (bicyclic) bond motifs is 3. The fourth-order valence-corrected chi connectivity index (χ4v) is 7.08. The normalized spacial score (nSPS) is 47.9. The van der Waals surface area contributed by atoms with Gasteiger partial charge in [-0.1, -0.05) is 53.4 Å². The van der Waals surface area contributed by atoms with E-state index in [0.29, 0.717) is 19.4 Å². The van der Waals surface area contributed by atoms with Crippen LogP contribution in [0.3, 0.4) is 0 Å². The second-order valence-electron chi connectivity index (χ2n) is 10.7. The van der Waals surface area contributed by atoms with Crippen molar-refractivity contribution in [3.05, 3.63) is 0 Å². The lowest BCUT2D eigenvalue weighted by Gasteiger charge is -2.40. The van der Waals surface area contributed by atoms with Crippen LogP contribution in [0.5, 0.6) is 0 Å². The third-order valence-electron chi connectivity index (χ3n) is 8.68. The summed E-state index contributed by atoms with van der Waals surface area (Å²) in [5, 5.41) is 0. The highest BCUT2D eigenvalue weighted by Gasteiger charge is 2.98. The molecule has 0 radical (unpaired) electrons. The molecule has 2 heterocycles. The standard InChI is InChI=1S/C23H32O6/c1-5-6-7-8-9-10-14(24)28-18-15-13(11-20(18,2)3)16(25)23-19(29-23)17(26)22(12-27-22)21(15,23)4/h13,15,18-19H,5-12H2,1-4H3/t13-,15?,18+,19+,21+,22-,23+/m1/s1. The zero-order valence-corrected chi connectivity index (χ0v) is 17.9. The number of unbranched alkanes of at least 4 members (excludes halogenated alkanes) is 4. The summed E-state index contributed by atoms with van der Waals surface area (Å²) in [4.78, 5) is 39.0. The number of epoxide rings is 2. The minimum absolute atomic E-state index is 0.0296. The Hall–Kier alpha value is -1.27. The lowest BCUT2D eigenvalue weighted by atomic mass is 9.65. The molecule has 6 nitrogen and oxygen atoms in total. The van der Waals surface area contributed by atoms with Gasteiger partial charge in [0.15, 0.2) is 28.9 Å². The van der Waals surface area contributed by atoms with E-state index in [0.717, 1.165) is 19.3 Å². The van der Waals surface area contributed by atoms with Gasteiger partial charge in [-0.25, -0.2) is 0 Å². The average Bonchev–Trinajstić information content (AvgIpc) is 3.55. The molecule has 2 aliphatic heterocycles. The van der Waals surface area contributed by atoms with E-state index < -0.39 is 28.8 Å². The van der Waals surface area contributed by atoms with Crippen molar-refractivity contribution in [2.75, 3.05) is 6.61 Å². The van der Waals surface area contributed by atoms with E-state index >= 15 is 0 Å². The molecule has 0 aromatic heterocycles. The number of hydrogen-bond donors (Lipinski definition) is 0. The molecule has 7 atom stereocenters. The van der Waals surface area contributed by atoms with Crippen molar-refractivity contribution >= 4 is 17.5 Å². The first-order chi connectivity index (χ1) is 13.7. The molecule has 2 saturated heterocycles. The number of Topliss-reactive ketones (excluding diaryl/α,β-unsaturated/α-hetero) is 2. The zero-order valence-electron chi connectivity index (χ0n) is 17.9. The Balaban J connectivity index is 1.38. The van der Waals surface area contributed by atoms with Gasteiger partial charge in [0.05, 0.1) is 12.0 Å². The zero-order chi connectivity index (χ0) is 20.8. The van der Waals surface area contributed by atoms with E-state index in [9.17, 15) is 14.4 Å². The van der Waals surface area contributed by atoms with Gasteiger partial charge in [0.1, 0.15) is 6.10 Å². The molecular formula is C23H32O6. The van der Waals surface area contributed by atoms with E-state index in [2.05, 4.69) is 20.8 Å². The smallest absolute Gasteiger partial charge is 0.306 e. The fourth-order valence-electron chi connectivity index (χ4n) is 7.08. The molecule has 1 unspecified atom stereocenters. The summed E-state index contributed by atoms with van der Waals surface area (Å²) < 4.78 is 17.6. The quantitative estimate of drug-likeness (QED) is 0.368. The molecule has 0 bridgehead atoms. The van der Waals surface area contributed by atoms with Crippen LogP contribution in [0.15, 0.2) is 0 Å². The van der Waals surface area contributed by atoms with Crippen molar-refractivity contribution in [3.63, 3.8) is 0 Å². The van der Waals surface area contributed by atoms with Gasteiger partial charge in [-0.2, -0.15) is 0 Å². The molecule has 5 rings (SSSR count). The number of carbonyl (C=O) groups excluding carboxylic acids is 3. The van der Waals surface area contributed by atoms with Crippen LogP contribution in [0.4, 0.5) is 0 Å². The van der Waals surface area contributed by atoms with Gasteiger partial charge in [0.25, 0.3) is 0 Å². The topological polar surface area (TPSA) is 85.5 Å². The molecule has 29 heavy (non-hydrogen) atoms. The Morgan fingerprint density at radius 2 is 1.79 bits per heavy atom. The number of rotatable bonds is 7. The molecule has 6 heteroatoms. The molecule has 0 aromatic carbocycles. The van der Waals surface area contributed by atoms with Crippen LogP contribution >= 0.6 is 0 Å². The van der Waals surface area contributed by atoms with E-state index in [1.165, 1.54) is 12.8 Å². The molecular weight excluding hydrogens is 372 g/mol. The first kappa shape index (κ1) is 19.7. The van der Waals surface area contributed by atoms with Crippen LogP contribution in [0.1, 0.15) is 72.6 Å². The van der Waals surface area contributed by atoms with Crippen molar-refractivity contribution in [2.45, 2.75) is 96.1 Å². The van der Waals surface area contributed by atoms with Crippen molar-refractivity contribution in [1.82, 2.24) is 0 Å². The Morgan fingerprint density at radius 1 is 1.10 bits per heavy atom. The predicted molar refractivity (Wildman–Crippen MR) is 103 cm³/mol. The maximum atomic E-state index is 13.4. The summed E-state index contributed by atoms with van der Waals surface area (Å²) in [6.07, 6.45) is 5.36. The molecule has 3 saturated carbocycles. The van der Waals surface area contributed by atoms with E-state index in [4.69, 9.17) is 14.2 Å². The Kier molecular flexibility index (Phi) is 4.01. The Labute approximate surface area is 172 Å². The molecule has 0 aromatic rings. The van der Waals surface area contributed by atoms with Crippen molar-refractivity contribution in [2.24, 2.45) is 22.7 Å². The summed E-state index contributed by atoms with van der Waals surface area (Å²) in [6, 6.07) is 0. The average molecular weight is 405 g/mol. The predicted octanol–water partition coefficient (Wildman–Crippen LogP) is 3.00. The number of carbonyl (C=O) groups is 3. The van der Waals surface area contributed by atoms with Gasteiger partial charge in [-0.15, -0.1) is 0 Å². The molecule has 5 fully saturated rings. The van der Waals surface area contributed by atoms with Crippen LogP contribution in [0.25, 0.3) is 0 Å². The van der Waals surface area contributed by atoms with Gasteiger partial charge >= 0.3 is 5.97 Å². The summed E-state index contributed by atoms with van der Waals surface area (Å²) in [6.45, 7) is 8.62. The van der Waals surface area contributed by atoms with Crippen LogP contribution in [0.2, 0.25) is 0 Å². The first-order valence-electron chi connectivity index (χ1n) is 11.3. The molecule has 2 spiro atoms. The number of hydrogen-bond acceptors (Lipinski definition) is 6. The summed E-state index contributed by atoms with van der Waals surface area (Å²) in [5.74, 6) is -0.718. The molecule has 0 N–H and O–H groups in total. The van der Waals surface area contributed by atoms with Crippen LogP contribution in [-0.4, -0.2) is 47.6 Å². The van der Waals surface area contributed by atoms with Crippen LogP contribution < -0.4 is 0 Å². The van der Waals surface area contributed by atoms with E-state index in [1.54, 1.807) is 0 Å². The summed E-state index contributed by atoms with van der Waals surface area (Å²) in [7, 11) is 0. The van der Waals surface area contributed by atoms with Gasteiger partial charge in [0.2, 0.25) is 0 Å². The molecule has 3 aliphatic carbocycles. The summed E-state index contributed by atoms with van der Waals surface area (Å²) in [5.41, 5.74) is -3.03. The largest absolute Gasteiger partial charge is 0.461 e. The van der Waals surface area contributed by atoms with Gasteiger partial charge in [-0.05, 0) is 12.8 Å². The van der Waals surface area contributed by atoms with Crippen molar-refractivity contribution in [1.29, 1.82) is 0 Å². The van der Waals surface area contributed by atoms with Crippen LogP contribution in [-0.2, 0) is 28.6 Å². The minimum Gasteiger partial charge on any atom is -0.461 e. The fraction of sp³-hybridized carbons (Fsp3) is 0.870. The van der Waals surface area contributed by atoms with Gasteiger partial charge < -0.3 is 14.2 Å². The minimum atomic E-state index is -1.04. The third-order valence-corrected chi connectivity index (χ3v) is 8.68. The van der Waals surface area contributed by atoms with E-state index in [-0.39, 0.29) is 34.8 Å². The second-order valence-corrected chi connectivity index (χ2v) is 10.7. The lowest BCUT2D eigenvalue weighted by Crippen LogP contribution is -2.53. The maximum Gasteiger partial charge on any atom is 0.306 e. The number of ether oxygens (including phenoxy) is 3. The first-order valence-corrected chi connectivity index (χ1v) is 11.3. The third kappa shape index (κ3) is 2.17. The van der Waals surface area contributed by atoms with Gasteiger partial charge in [-0.3, -0.25) is 14.4 Å². The van der Waals surface area contributed by atoms with Gasteiger partial charge in [0, 0.05) is 23.7 Å². The second kappa shape index (κ2) is 5.91. The number of esters is 1. The molecule has 160 valence electrons. The SMILES string of the molecule is CCCCCCCC(=O)O[C@H]1C2[C@@H](CC1(C)C)C(=O)[C@]13O[C@H]1C(=O)[C@]1(CO1)[C@]23C. The highest BCUT2D eigenvalue weighted by molar-refractivity contribution is 6.14. The Morgan fingerprint density at radius 3 is 2.45 bits per heavy atom. The Bertz CT molecular complexity index is 782. The van der Waals surface area contributed by atoms with Crippen LogP contribution in [0, 0.1) is 22.7 Å². The van der Waals surface area contributed by atoms with Crippen molar-refractivity contribution < 1.29 is 28.6 Å². The summed E-state index contributed by atoms with van der Waals surface area (Å²) >= 11 is 0. The lowest BCUT2D eigenvalue weighted by molar-refractivity contribution is -0.163. The maximum absolute atomic E-state index is 13.4. The highest BCUT2D eigenvalue weighted by atomic mass is 16.7. The monoisotopic (exact) mass is 404 g/mol. The molecule has 5 aliphatic rings. The molecule has 0 amide bonds. The van der Waals surface area contributed by atoms with E-state index in [1.807, 2.05) is 6.92 Å². The number of ketones is 2.